The third kappa shape index (κ3) is 2.68. The molecule has 0 atom stereocenters. The molecule has 0 fully saturated rings. The molecule has 0 unspecified atom stereocenters. The van der Waals surface area contributed by atoms with Crippen molar-refractivity contribution in [1.29, 1.82) is 0 Å². The van der Waals surface area contributed by atoms with Crippen LogP contribution in [0.4, 0.5) is 5.69 Å². The fraction of sp³-hybridized carbons (Fsp3) is 0.0833. The highest BCUT2D eigenvalue weighted by molar-refractivity contribution is 7.98. The number of aromatic nitrogens is 1. The van der Waals surface area contributed by atoms with E-state index in [9.17, 15) is 0 Å². The summed E-state index contributed by atoms with van der Waals surface area (Å²) in [5, 5.41) is 0.703. The van der Waals surface area contributed by atoms with Gasteiger partial charge in [-0.05, 0) is 23.8 Å². The molecule has 0 saturated carbocycles. The Kier molecular flexibility index (Phi) is 3.70. The van der Waals surface area contributed by atoms with E-state index in [1.807, 2.05) is 36.5 Å². The minimum absolute atomic E-state index is 0.703. The average molecular weight is 251 g/mol. The highest BCUT2D eigenvalue weighted by atomic mass is 35.5. The molecule has 2 aromatic rings. The molecule has 1 aromatic heterocycles. The van der Waals surface area contributed by atoms with Gasteiger partial charge in [0.25, 0.3) is 0 Å². The second-order valence-electron chi connectivity index (χ2n) is 3.31. The lowest BCUT2D eigenvalue weighted by Crippen LogP contribution is -1.89. The van der Waals surface area contributed by atoms with Crippen LogP contribution in [0.2, 0.25) is 5.02 Å². The van der Waals surface area contributed by atoms with Crippen LogP contribution < -0.4 is 5.73 Å². The molecule has 0 spiro atoms. The van der Waals surface area contributed by atoms with Crippen LogP contribution in [0.3, 0.4) is 0 Å². The lowest BCUT2D eigenvalue weighted by molar-refractivity contribution is 1.25. The van der Waals surface area contributed by atoms with Crippen LogP contribution in [0.5, 0.6) is 0 Å². The summed E-state index contributed by atoms with van der Waals surface area (Å²) in [6, 6.07) is 9.52. The lowest BCUT2D eigenvalue weighted by atomic mass is 10.3. The molecule has 16 heavy (non-hydrogen) atoms. The van der Waals surface area contributed by atoms with Crippen molar-refractivity contribution in [2.75, 3.05) is 5.73 Å². The highest BCUT2D eigenvalue weighted by Crippen LogP contribution is 2.34. The van der Waals surface area contributed by atoms with Gasteiger partial charge in [-0.15, -0.1) is 11.8 Å². The first-order valence-corrected chi connectivity index (χ1v) is 6.19. The zero-order chi connectivity index (χ0) is 11.4. The van der Waals surface area contributed by atoms with Crippen LogP contribution in [0.1, 0.15) is 5.56 Å². The smallest absolute Gasteiger partial charge is 0.0562 e. The van der Waals surface area contributed by atoms with Crippen molar-refractivity contribution in [3.8, 4) is 0 Å². The van der Waals surface area contributed by atoms with Gasteiger partial charge in [-0.1, -0.05) is 23.7 Å². The molecule has 2 N–H and O–H groups in total. The van der Waals surface area contributed by atoms with E-state index in [-0.39, 0.29) is 0 Å². The fourth-order valence-corrected chi connectivity index (χ4v) is 2.58. The van der Waals surface area contributed by atoms with Crippen molar-refractivity contribution in [3.05, 3.63) is 53.3 Å². The number of pyridine rings is 1. The topological polar surface area (TPSA) is 38.9 Å². The Bertz CT molecular complexity index is 453. The number of anilines is 1. The van der Waals surface area contributed by atoms with Gasteiger partial charge in [0.15, 0.2) is 0 Å². The van der Waals surface area contributed by atoms with Crippen LogP contribution >= 0.6 is 23.4 Å². The third-order valence-electron chi connectivity index (χ3n) is 2.10. The normalized spacial score (nSPS) is 10.3. The predicted octanol–water partition coefficient (Wildman–Crippen LogP) is 3.61. The van der Waals surface area contributed by atoms with Gasteiger partial charge < -0.3 is 5.73 Å². The minimum Gasteiger partial charge on any atom is -0.398 e. The van der Waals surface area contributed by atoms with E-state index in [0.29, 0.717) is 5.02 Å². The summed E-state index contributed by atoms with van der Waals surface area (Å²) in [6.45, 7) is 0. The number of nitrogens with two attached hydrogens (primary N) is 1. The Hall–Kier alpha value is -1.19. The van der Waals surface area contributed by atoms with Crippen molar-refractivity contribution >= 4 is 29.1 Å². The molecular weight excluding hydrogens is 240 g/mol. The first kappa shape index (κ1) is 11.3. The summed E-state index contributed by atoms with van der Waals surface area (Å²) in [7, 11) is 0. The Labute approximate surface area is 104 Å². The zero-order valence-electron chi connectivity index (χ0n) is 8.56. The largest absolute Gasteiger partial charge is 0.398 e. The van der Waals surface area contributed by atoms with Gasteiger partial charge in [0, 0.05) is 28.7 Å². The number of halogens is 1. The maximum absolute atomic E-state index is 6.08. The number of nitrogens with zero attached hydrogens (tertiary/aromatic N) is 1. The van der Waals surface area contributed by atoms with Gasteiger partial charge in [-0.25, -0.2) is 0 Å². The number of hydrogen-bond acceptors (Lipinski definition) is 3. The zero-order valence-corrected chi connectivity index (χ0v) is 10.1. The van der Waals surface area contributed by atoms with Gasteiger partial charge in [-0.3, -0.25) is 4.98 Å². The average Bonchev–Trinajstić information content (AvgIpc) is 2.30. The van der Waals surface area contributed by atoms with E-state index in [1.165, 1.54) is 0 Å². The molecule has 2 nitrogen and oxygen atoms in total. The summed E-state index contributed by atoms with van der Waals surface area (Å²) in [6.07, 6.45) is 3.61. The van der Waals surface area contributed by atoms with E-state index in [2.05, 4.69) is 4.98 Å². The van der Waals surface area contributed by atoms with Crippen LogP contribution in [0.15, 0.2) is 47.6 Å². The van der Waals surface area contributed by atoms with Crippen LogP contribution in [-0.2, 0) is 5.75 Å². The van der Waals surface area contributed by atoms with Crippen molar-refractivity contribution in [2.45, 2.75) is 10.6 Å². The van der Waals surface area contributed by atoms with Gasteiger partial charge >= 0.3 is 0 Å². The molecule has 82 valence electrons. The molecule has 2 rings (SSSR count). The van der Waals surface area contributed by atoms with Gasteiger partial charge in [0.05, 0.1) is 5.02 Å². The second-order valence-corrected chi connectivity index (χ2v) is 4.70. The number of nitrogen functional groups attached to an aromatic ring is 1. The van der Waals surface area contributed by atoms with E-state index in [1.54, 1.807) is 18.0 Å². The van der Waals surface area contributed by atoms with Crippen LogP contribution in [0.25, 0.3) is 0 Å². The summed E-state index contributed by atoms with van der Waals surface area (Å²) < 4.78 is 0. The molecular formula is C12H11ClN2S. The Morgan fingerprint density at radius 2 is 2.12 bits per heavy atom. The van der Waals surface area contributed by atoms with Gasteiger partial charge in [0.1, 0.15) is 0 Å². The molecule has 1 aromatic carbocycles. The molecule has 0 aliphatic heterocycles. The van der Waals surface area contributed by atoms with Crippen molar-refractivity contribution in [3.63, 3.8) is 0 Å². The van der Waals surface area contributed by atoms with Crippen molar-refractivity contribution < 1.29 is 0 Å². The van der Waals surface area contributed by atoms with E-state index in [4.69, 9.17) is 17.3 Å². The lowest BCUT2D eigenvalue weighted by Gasteiger charge is -2.07. The van der Waals surface area contributed by atoms with E-state index in [0.717, 1.165) is 21.9 Å². The third-order valence-corrected chi connectivity index (χ3v) is 3.75. The van der Waals surface area contributed by atoms with Crippen LogP contribution in [-0.4, -0.2) is 4.98 Å². The van der Waals surface area contributed by atoms with Gasteiger partial charge in [0.2, 0.25) is 0 Å². The summed E-state index contributed by atoms with van der Waals surface area (Å²) in [4.78, 5) is 5.00. The maximum Gasteiger partial charge on any atom is 0.0562 e. The molecule has 0 bridgehead atoms. The van der Waals surface area contributed by atoms with E-state index < -0.39 is 0 Å². The first-order valence-electron chi connectivity index (χ1n) is 4.83. The van der Waals surface area contributed by atoms with Crippen molar-refractivity contribution in [2.24, 2.45) is 0 Å². The SMILES string of the molecule is Nc1cccc(Cl)c1SCc1cccnc1. The first-order chi connectivity index (χ1) is 7.77. The molecule has 0 amide bonds. The fourth-order valence-electron chi connectivity index (χ4n) is 1.32. The summed E-state index contributed by atoms with van der Waals surface area (Å²) in [5.74, 6) is 0.821. The Balaban J connectivity index is 2.11. The van der Waals surface area contributed by atoms with E-state index >= 15 is 0 Å². The quantitative estimate of drug-likeness (QED) is 0.668. The summed E-state index contributed by atoms with van der Waals surface area (Å²) >= 11 is 7.71. The molecule has 0 radical (unpaired) electrons. The molecule has 1 heterocycles. The second kappa shape index (κ2) is 5.23. The Morgan fingerprint density at radius 1 is 1.25 bits per heavy atom. The predicted molar refractivity (Wildman–Crippen MR) is 69.7 cm³/mol. The number of thioether (sulfide) groups is 1. The minimum atomic E-state index is 0.703. The molecule has 0 aliphatic rings. The summed E-state index contributed by atoms with van der Waals surface area (Å²) in [5.41, 5.74) is 7.75. The number of hydrogen-bond donors (Lipinski definition) is 1. The highest BCUT2D eigenvalue weighted by Gasteiger charge is 2.05. The number of benzene rings is 1. The Morgan fingerprint density at radius 3 is 2.81 bits per heavy atom. The molecule has 4 heteroatoms. The van der Waals surface area contributed by atoms with Crippen LogP contribution in [0, 0.1) is 0 Å². The number of rotatable bonds is 3. The molecule has 0 saturated heterocycles. The monoisotopic (exact) mass is 250 g/mol. The van der Waals surface area contributed by atoms with Gasteiger partial charge in [-0.2, -0.15) is 0 Å². The molecule has 0 aliphatic carbocycles. The maximum atomic E-state index is 6.08. The van der Waals surface area contributed by atoms with Crippen molar-refractivity contribution in [1.82, 2.24) is 4.98 Å². The standard InChI is InChI=1S/C12H11ClN2S/c13-10-4-1-5-11(14)12(10)16-8-9-3-2-6-15-7-9/h1-7H,8,14H2.